The Labute approximate surface area is 71.0 Å². The van der Waals surface area contributed by atoms with E-state index in [1.807, 2.05) is 6.08 Å². The van der Waals surface area contributed by atoms with E-state index in [1.165, 1.54) is 18.4 Å². The predicted octanol–water partition coefficient (Wildman–Crippen LogP) is 3.95. The SMILES string of the molecule is C=CCCCC(C)=CC(C)C. The van der Waals surface area contributed by atoms with Crippen molar-refractivity contribution in [1.82, 2.24) is 0 Å². The minimum absolute atomic E-state index is 0.693. The van der Waals surface area contributed by atoms with Crippen LogP contribution in [-0.4, -0.2) is 0 Å². The molecule has 0 aromatic heterocycles. The van der Waals surface area contributed by atoms with Crippen LogP contribution in [-0.2, 0) is 0 Å². The summed E-state index contributed by atoms with van der Waals surface area (Å²) in [5, 5.41) is 0. The second kappa shape index (κ2) is 6.21. The summed E-state index contributed by atoms with van der Waals surface area (Å²) in [6.45, 7) is 10.3. The molecule has 0 saturated carbocycles. The van der Waals surface area contributed by atoms with Crippen LogP contribution in [0.5, 0.6) is 0 Å². The normalized spacial score (nSPS) is 12.2. The summed E-state index contributed by atoms with van der Waals surface area (Å²) < 4.78 is 0. The number of hydrogen-bond donors (Lipinski definition) is 0. The maximum Gasteiger partial charge on any atom is -0.0288 e. The highest BCUT2D eigenvalue weighted by Crippen LogP contribution is 2.09. The lowest BCUT2D eigenvalue weighted by atomic mass is 10.1. The van der Waals surface area contributed by atoms with Crippen molar-refractivity contribution in [3.05, 3.63) is 24.3 Å². The first-order valence-corrected chi connectivity index (χ1v) is 4.45. The first kappa shape index (κ1) is 10.5. The van der Waals surface area contributed by atoms with Crippen molar-refractivity contribution >= 4 is 0 Å². The molecule has 0 fully saturated rings. The van der Waals surface area contributed by atoms with E-state index in [-0.39, 0.29) is 0 Å². The Bertz CT molecular complexity index is 129. The maximum atomic E-state index is 3.70. The molecule has 0 bridgehead atoms. The van der Waals surface area contributed by atoms with Crippen molar-refractivity contribution in [2.75, 3.05) is 0 Å². The number of hydrogen-bond acceptors (Lipinski definition) is 0. The van der Waals surface area contributed by atoms with E-state index in [0.29, 0.717) is 5.92 Å². The van der Waals surface area contributed by atoms with Crippen LogP contribution in [0.2, 0.25) is 0 Å². The fraction of sp³-hybridized carbons (Fsp3) is 0.636. The standard InChI is InChI=1S/C11H20/c1-5-6-7-8-11(4)9-10(2)3/h5,9-10H,1,6-8H2,2-4H3. The molecular formula is C11H20. The molecular weight excluding hydrogens is 132 g/mol. The van der Waals surface area contributed by atoms with Gasteiger partial charge in [-0.05, 0) is 32.1 Å². The Morgan fingerprint density at radius 1 is 1.45 bits per heavy atom. The lowest BCUT2D eigenvalue weighted by Gasteiger charge is -2.01. The highest BCUT2D eigenvalue weighted by molar-refractivity contribution is 4.99. The van der Waals surface area contributed by atoms with Crippen molar-refractivity contribution < 1.29 is 0 Å². The molecule has 0 aliphatic rings. The van der Waals surface area contributed by atoms with Crippen molar-refractivity contribution in [2.24, 2.45) is 5.92 Å². The fourth-order valence-corrected chi connectivity index (χ4v) is 1.18. The van der Waals surface area contributed by atoms with E-state index in [0.717, 1.165) is 6.42 Å². The summed E-state index contributed by atoms with van der Waals surface area (Å²) in [4.78, 5) is 0. The van der Waals surface area contributed by atoms with Crippen LogP contribution in [0.3, 0.4) is 0 Å². The zero-order chi connectivity index (χ0) is 8.69. The molecule has 0 aliphatic carbocycles. The summed E-state index contributed by atoms with van der Waals surface area (Å²) in [5.41, 5.74) is 1.52. The first-order valence-electron chi connectivity index (χ1n) is 4.45. The van der Waals surface area contributed by atoms with Gasteiger partial charge in [-0.2, -0.15) is 0 Å². The van der Waals surface area contributed by atoms with Crippen molar-refractivity contribution in [1.29, 1.82) is 0 Å². The zero-order valence-electron chi connectivity index (χ0n) is 8.06. The van der Waals surface area contributed by atoms with Gasteiger partial charge in [-0.3, -0.25) is 0 Å². The van der Waals surface area contributed by atoms with Crippen LogP contribution in [0.15, 0.2) is 24.3 Å². The van der Waals surface area contributed by atoms with Gasteiger partial charge in [0.25, 0.3) is 0 Å². The number of rotatable bonds is 5. The molecule has 0 spiro atoms. The molecule has 0 heterocycles. The topological polar surface area (TPSA) is 0 Å². The molecule has 0 aromatic carbocycles. The van der Waals surface area contributed by atoms with E-state index in [4.69, 9.17) is 0 Å². The Hall–Kier alpha value is -0.520. The van der Waals surface area contributed by atoms with E-state index in [2.05, 4.69) is 33.4 Å². The molecule has 0 rings (SSSR count). The van der Waals surface area contributed by atoms with Gasteiger partial charge in [0.1, 0.15) is 0 Å². The molecule has 0 saturated heterocycles. The number of allylic oxidation sites excluding steroid dienone is 3. The van der Waals surface area contributed by atoms with Crippen molar-refractivity contribution in [3.8, 4) is 0 Å². The van der Waals surface area contributed by atoms with Gasteiger partial charge in [-0.15, -0.1) is 6.58 Å². The molecule has 0 heteroatoms. The molecule has 0 N–H and O–H groups in total. The lowest BCUT2D eigenvalue weighted by Crippen LogP contribution is -1.83. The van der Waals surface area contributed by atoms with Gasteiger partial charge < -0.3 is 0 Å². The minimum atomic E-state index is 0.693. The Kier molecular flexibility index (Phi) is 5.91. The smallest absolute Gasteiger partial charge is 0.0288 e. The van der Waals surface area contributed by atoms with Crippen LogP contribution in [0.4, 0.5) is 0 Å². The van der Waals surface area contributed by atoms with Gasteiger partial charge in [0.05, 0.1) is 0 Å². The summed E-state index contributed by atoms with van der Waals surface area (Å²) in [6, 6.07) is 0. The molecule has 64 valence electrons. The van der Waals surface area contributed by atoms with E-state index in [1.54, 1.807) is 0 Å². The van der Waals surface area contributed by atoms with Gasteiger partial charge in [0.15, 0.2) is 0 Å². The van der Waals surface area contributed by atoms with Gasteiger partial charge >= 0.3 is 0 Å². The third-order valence-corrected chi connectivity index (χ3v) is 1.60. The molecule has 0 aliphatic heterocycles. The van der Waals surface area contributed by atoms with Crippen LogP contribution < -0.4 is 0 Å². The van der Waals surface area contributed by atoms with Crippen molar-refractivity contribution in [2.45, 2.75) is 40.0 Å². The van der Waals surface area contributed by atoms with Gasteiger partial charge in [-0.25, -0.2) is 0 Å². The molecule has 0 amide bonds. The molecule has 0 atom stereocenters. The lowest BCUT2D eigenvalue weighted by molar-refractivity contribution is 0.781. The largest absolute Gasteiger partial charge is 0.103 e. The minimum Gasteiger partial charge on any atom is -0.103 e. The highest BCUT2D eigenvalue weighted by atomic mass is 14.0. The second-order valence-electron chi connectivity index (χ2n) is 3.44. The third-order valence-electron chi connectivity index (χ3n) is 1.60. The maximum absolute atomic E-state index is 3.70. The molecule has 0 unspecified atom stereocenters. The van der Waals surface area contributed by atoms with Crippen LogP contribution in [0.25, 0.3) is 0 Å². The van der Waals surface area contributed by atoms with Crippen LogP contribution in [0.1, 0.15) is 40.0 Å². The average Bonchev–Trinajstić information content (AvgIpc) is 1.86. The quantitative estimate of drug-likeness (QED) is 0.413. The third kappa shape index (κ3) is 7.38. The summed E-state index contributed by atoms with van der Waals surface area (Å²) in [7, 11) is 0. The summed E-state index contributed by atoms with van der Waals surface area (Å²) in [6.07, 6.45) is 7.94. The van der Waals surface area contributed by atoms with Gasteiger partial charge in [0, 0.05) is 0 Å². The van der Waals surface area contributed by atoms with Crippen LogP contribution >= 0.6 is 0 Å². The fourth-order valence-electron chi connectivity index (χ4n) is 1.18. The Morgan fingerprint density at radius 2 is 2.09 bits per heavy atom. The number of unbranched alkanes of at least 4 members (excludes halogenated alkanes) is 1. The molecule has 0 aromatic rings. The average molecular weight is 152 g/mol. The van der Waals surface area contributed by atoms with Gasteiger partial charge in [-0.1, -0.05) is 31.6 Å². The summed E-state index contributed by atoms with van der Waals surface area (Å²) in [5.74, 6) is 0.693. The molecule has 0 radical (unpaired) electrons. The summed E-state index contributed by atoms with van der Waals surface area (Å²) >= 11 is 0. The van der Waals surface area contributed by atoms with Crippen molar-refractivity contribution in [3.63, 3.8) is 0 Å². The van der Waals surface area contributed by atoms with E-state index in [9.17, 15) is 0 Å². The highest BCUT2D eigenvalue weighted by Gasteiger charge is 1.91. The van der Waals surface area contributed by atoms with Crippen LogP contribution in [0, 0.1) is 5.92 Å². The molecule has 11 heavy (non-hydrogen) atoms. The Balaban J connectivity index is 3.50. The first-order chi connectivity index (χ1) is 5.16. The van der Waals surface area contributed by atoms with E-state index >= 15 is 0 Å². The molecule has 0 nitrogen and oxygen atoms in total. The van der Waals surface area contributed by atoms with E-state index < -0.39 is 0 Å². The zero-order valence-corrected chi connectivity index (χ0v) is 8.06. The monoisotopic (exact) mass is 152 g/mol. The Morgan fingerprint density at radius 3 is 2.55 bits per heavy atom. The van der Waals surface area contributed by atoms with Gasteiger partial charge in [0.2, 0.25) is 0 Å². The predicted molar refractivity (Wildman–Crippen MR) is 52.6 cm³/mol. The second-order valence-corrected chi connectivity index (χ2v) is 3.44.